The average Bonchev–Trinajstić information content (AvgIpc) is 3.27. The molecule has 378 valence electrons. The molecule has 0 fully saturated rings. The number of unbranched alkanes of at least 4 members (excludes halogenated alkanes) is 23. The number of likely N-dealkylation sites (N-methyl/N-ethyl adjacent to an activating group) is 1. The molecule has 2 unspecified atom stereocenters. The fraction of sp³-hybridized carbons (Fsp3) is 0.768. The Morgan fingerprint density at radius 3 is 1.34 bits per heavy atom. The van der Waals surface area contributed by atoms with Crippen LogP contribution in [0.3, 0.4) is 0 Å². The zero-order valence-electron chi connectivity index (χ0n) is 43.0. The Morgan fingerprint density at radius 2 is 0.892 bits per heavy atom. The molecule has 0 aromatic carbocycles. The normalized spacial score (nSPS) is 14.1. The second-order valence-corrected chi connectivity index (χ2v) is 20.3. The van der Waals surface area contributed by atoms with Crippen molar-refractivity contribution in [2.75, 3.05) is 54.1 Å². The molecule has 0 spiro atoms. The van der Waals surface area contributed by atoms with Crippen LogP contribution in [0.4, 0.5) is 0 Å². The first-order valence-corrected chi connectivity index (χ1v) is 28.2. The van der Waals surface area contributed by atoms with Crippen LogP contribution in [0.1, 0.15) is 219 Å². The fourth-order valence-corrected chi connectivity index (χ4v) is 7.90. The van der Waals surface area contributed by atoms with E-state index in [1.54, 1.807) is 0 Å². The summed E-state index contributed by atoms with van der Waals surface area (Å²) in [6.45, 7) is 5.48. The Labute approximate surface area is 402 Å². The number of carbonyl (C=O) groups is 1. The summed E-state index contributed by atoms with van der Waals surface area (Å²) in [6.07, 6.45) is 63.8. The maximum atomic E-state index is 12.8. The predicted molar refractivity (Wildman–Crippen MR) is 279 cm³/mol. The summed E-state index contributed by atoms with van der Waals surface area (Å²) in [4.78, 5) is 23.0. The number of phosphoric ester groups is 1. The van der Waals surface area contributed by atoms with Crippen molar-refractivity contribution in [3.63, 3.8) is 0 Å². The largest absolute Gasteiger partial charge is 0.472 e. The summed E-state index contributed by atoms with van der Waals surface area (Å²) in [6, 6.07) is 0. The van der Waals surface area contributed by atoms with Gasteiger partial charge >= 0.3 is 13.8 Å². The third-order valence-corrected chi connectivity index (χ3v) is 12.2. The summed E-state index contributed by atoms with van der Waals surface area (Å²) in [5.41, 5.74) is 0. The van der Waals surface area contributed by atoms with Crippen LogP contribution in [0.25, 0.3) is 0 Å². The number of phosphoric acid groups is 1. The van der Waals surface area contributed by atoms with Gasteiger partial charge in [-0.2, -0.15) is 0 Å². The van der Waals surface area contributed by atoms with Crippen molar-refractivity contribution in [1.29, 1.82) is 0 Å². The van der Waals surface area contributed by atoms with E-state index in [4.69, 9.17) is 18.5 Å². The Bertz CT molecular complexity index is 1270. The van der Waals surface area contributed by atoms with Crippen molar-refractivity contribution in [1.82, 2.24) is 0 Å². The SMILES string of the molecule is CC/C=C\C/C=C\C/C=C\C/C=C\CCCCCCCCCCCCCCC(=O)OC(COCCCCCCCCCC/C=C\C/C=C\CCCCC)COP(=O)(O)OCC[N+](C)(C)C. The number of hydrogen-bond donors (Lipinski definition) is 1. The van der Waals surface area contributed by atoms with Gasteiger partial charge < -0.3 is 18.9 Å². The molecule has 8 nitrogen and oxygen atoms in total. The van der Waals surface area contributed by atoms with Crippen molar-refractivity contribution >= 4 is 13.8 Å². The van der Waals surface area contributed by atoms with Crippen LogP contribution in [-0.2, 0) is 27.9 Å². The Hall–Kier alpha value is -2.06. The molecule has 0 radical (unpaired) electrons. The highest BCUT2D eigenvalue weighted by molar-refractivity contribution is 7.47. The fourth-order valence-electron chi connectivity index (χ4n) is 7.16. The van der Waals surface area contributed by atoms with Gasteiger partial charge in [0.2, 0.25) is 0 Å². The summed E-state index contributed by atoms with van der Waals surface area (Å²) in [5.74, 6) is -0.319. The Kier molecular flexibility index (Phi) is 46.9. The van der Waals surface area contributed by atoms with E-state index in [0.717, 1.165) is 64.2 Å². The van der Waals surface area contributed by atoms with Crippen molar-refractivity contribution < 1.29 is 37.3 Å². The topological polar surface area (TPSA) is 91.3 Å². The molecule has 2 atom stereocenters. The van der Waals surface area contributed by atoms with Gasteiger partial charge in [0.1, 0.15) is 19.3 Å². The number of nitrogens with zero attached hydrogens (tertiary/aromatic N) is 1. The van der Waals surface area contributed by atoms with Crippen LogP contribution in [-0.4, -0.2) is 75.6 Å². The van der Waals surface area contributed by atoms with Crippen molar-refractivity contribution in [2.45, 2.75) is 225 Å². The van der Waals surface area contributed by atoms with Gasteiger partial charge in [0.05, 0.1) is 34.4 Å². The van der Waals surface area contributed by atoms with Crippen LogP contribution in [0.15, 0.2) is 72.9 Å². The molecule has 0 aliphatic rings. The van der Waals surface area contributed by atoms with Crippen molar-refractivity contribution in [3.05, 3.63) is 72.9 Å². The first-order valence-electron chi connectivity index (χ1n) is 26.7. The predicted octanol–water partition coefficient (Wildman–Crippen LogP) is 16.6. The highest BCUT2D eigenvalue weighted by Gasteiger charge is 2.26. The van der Waals surface area contributed by atoms with Gasteiger partial charge in [-0.15, -0.1) is 0 Å². The van der Waals surface area contributed by atoms with Gasteiger partial charge in [0, 0.05) is 13.0 Å². The van der Waals surface area contributed by atoms with Crippen LogP contribution in [0.2, 0.25) is 0 Å². The molecule has 0 aromatic rings. The van der Waals surface area contributed by atoms with Crippen LogP contribution < -0.4 is 0 Å². The molecule has 9 heteroatoms. The number of ether oxygens (including phenoxy) is 2. The molecular formula is C56H103NO7P+. The minimum atomic E-state index is -4.29. The van der Waals surface area contributed by atoms with E-state index in [0.29, 0.717) is 24.1 Å². The number of esters is 1. The van der Waals surface area contributed by atoms with Crippen molar-refractivity contribution in [3.8, 4) is 0 Å². The maximum absolute atomic E-state index is 12.8. The second kappa shape index (κ2) is 48.4. The molecule has 65 heavy (non-hydrogen) atoms. The first kappa shape index (κ1) is 62.9. The summed E-state index contributed by atoms with van der Waals surface area (Å²) < 4.78 is 35.2. The van der Waals surface area contributed by atoms with E-state index in [1.165, 1.54) is 135 Å². The van der Waals surface area contributed by atoms with E-state index in [-0.39, 0.29) is 25.8 Å². The lowest BCUT2D eigenvalue weighted by Gasteiger charge is -2.24. The zero-order valence-corrected chi connectivity index (χ0v) is 43.9. The standard InChI is InChI=1S/C56H102NO7P/c1-6-8-10-12-14-16-18-20-22-24-26-27-28-29-30-31-32-33-35-37-39-41-43-45-47-49-56(58)64-55(54-63-65(59,60)62-52-50-57(3,4)5)53-61-51-48-46-44-42-40-38-36-34-25-23-21-19-17-15-13-11-9-7-2/h8,10,14-17,20-23,26-27,55H,6-7,9,11-13,18-19,24-25,28-54H2,1-5H3/p+1/b10-8-,16-14-,17-15-,22-20-,23-21-,27-26-. The lowest BCUT2D eigenvalue weighted by atomic mass is 10.0. The Morgan fingerprint density at radius 1 is 0.492 bits per heavy atom. The van der Waals surface area contributed by atoms with E-state index >= 15 is 0 Å². The zero-order chi connectivity index (χ0) is 47.6. The lowest BCUT2D eigenvalue weighted by molar-refractivity contribution is -0.870. The molecule has 0 aliphatic carbocycles. The number of hydrogen-bond acceptors (Lipinski definition) is 6. The van der Waals surface area contributed by atoms with E-state index in [1.807, 2.05) is 21.1 Å². The summed E-state index contributed by atoms with van der Waals surface area (Å²) in [5, 5.41) is 0. The molecule has 0 amide bonds. The second-order valence-electron chi connectivity index (χ2n) is 18.9. The van der Waals surface area contributed by atoms with Gasteiger partial charge in [-0.3, -0.25) is 13.8 Å². The van der Waals surface area contributed by atoms with Crippen molar-refractivity contribution in [2.24, 2.45) is 0 Å². The average molecular weight is 933 g/mol. The molecule has 1 N–H and O–H groups in total. The number of allylic oxidation sites excluding steroid dienone is 12. The lowest BCUT2D eigenvalue weighted by Crippen LogP contribution is -2.37. The molecule has 0 saturated carbocycles. The third kappa shape index (κ3) is 52.8. The minimum Gasteiger partial charge on any atom is -0.457 e. The highest BCUT2D eigenvalue weighted by atomic mass is 31.2. The molecular weight excluding hydrogens is 830 g/mol. The van der Waals surface area contributed by atoms with Gasteiger partial charge in [0.25, 0.3) is 0 Å². The molecule has 0 rings (SSSR count). The molecule has 0 bridgehead atoms. The first-order chi connectivity index (χ1) is 31.6. The monoisotopic (exact) mass is 933 g/mol. The van der Waals surface area contributed by atoms with Gasteiger partial charge in [-0.25, -0.2) is 4.57 Å². The molecule has 0 heterocycles. The number of quaternary nitrogens is 1. The van der Waals surface area contributed by atoms with Crippen LogP contribution in [0.5, 0.6) is 0 Å². The highest BCUT2D eigenvalue weighted by Crippen LogP contribution is 2.43. The maximum Gasteiger partial charge on any atom is 0.472 e. The molecule has 0 saturated heterocycles. The number of rotatable bonds is 49. The smallest absolute Gasteiger partial charge is 0.457 e. The van der Waals surface area contributed by atoms with Gasteiger partial charge in [0.15, 0.2) is 0 Å². The summed E-state index contributed by atoms with van der Waals surface area (Å²) in [7, 11) is 1.66. The summed E-state index contributed by atoms with van der Waals surface area (Å²) >= 11 is 0. The molecule has 0 aliphatic heterocycles. The molecule has 0 aromatic heterocycles. The van der Waals surface area contributed by atoms with E-state index in [2.05, 4.69) is 86.8 Å². The van der Waals surface area contributed by atoms with Crippen LogP contribution >= 0.6 is 7.82 Å². The van der Waals surface area contributed by atoms with Gasteiger partial charge in [-0.05, 0) is 83.5 Å². The minimum absolute atomic E-state index is 0.0845. The van der Waals surface area contributed by atoms with E-state index in [9.17, 15) is 14.3 Å². The third-order valence-electron chi connectivity index (χ3n) is 11.3. The van der Waals surface area contributed by atoms with Crippen LogP contribution in [0, 0.1) is 0 Å². The number of carbonyl (C=O) groups excluding carboxylic acids is 1. The Balaban J connectivity index is 4.12. The van der Waals surface area contributed by atoms with Gasteiger partial charge in [-0.1, -0.05) is 202 Å². The quantitative estimate of drug-likeness (QED) is 0.0214. The van der Waals surface area contributed by atoms with E-state index < -0.39 is 13.9 Å².